The van der Waals surface area contributed by atoms with E-state index in [1.54, 1.807) is 12.5 Å². The normalized spacial score (nSPS) is 51.6. The van der Waals surface area contributed by atoms with Crippen LogP contribution >= 0.6 is 0 Å². The van der Waals surface area contributed by atoms with Gasteiger partial charge in [-0.2, -0.15) is 0 Å². The molecule has 0 spiro atoms. The van der Waals surface area contributed by atoms with Crippen LogP contribution in [-0.4, -0.2) is 18.4 Å². The summed E-state index contributed by atoms with van der Waals surface area (Å²) in [7, 11) is 0. The van der Waals surface area contributed by atoms with Crippen molar-refractivity contribution in [3.63, 3.8) is 0 Å². The molecule has 0 aliphatic heterocycles. The minimum atomic E-state index is -0.203. The molecule has 5 rings (SSSR count). The van der Waals surface area contributed by atoms with Gasteiger partial charge in [0.25, 0.3) is 0 Å². The fourth-order valence-corrected chi connectivity index (χ4v) is 10.9. The van der Waals surface area contributed by atoms with Crippen LogP contribution in [0.2, 0.25) is 0 Å². The van der Waals surface area contributed by atoms with E-state index in [4.69, 9.17) is 11.3 Å². The van der Waals surface area contributed by atoms with Gasteiger partial charge in [0.2, 0.25) is 0 Å². The van der Waals surface area contributed by atoms with Crippen LogP contribution in [-0.2, 0) is 14.3 Å². The summed E-state index contributed by atoms with van der Waals surface area (Å²) in [4.78, 5) is 24.1. The fourth-order valence-electron chi connectivity index (χ4n) is 10.9. The number of fused-ring (bicyclic) bond motifs is 7. The van der Waals surface area contributed by atoms with E-state index in [-0.39, 0.29) is 39.1 Å². The molecule has 0 saturated heterocycles. The Morgan fingerprint density at radius 2 is 1.64 bits per heavy atom. The molecule has 0 N–H and O–H groups in total. The summed E-state index contributed by atoms with van der Waals surface area (Å²) < 4.78 is 5.89. The minimum absolute atomic E-state index is 0.00498. The Balaban J connectivity index is 1.58. The summed E-state index contributed by atoms with van der Waals surface area (Å²) in [5.74, 6) is 1.25. The van der Waals surface area contributed by atoms with Gasteiger partial charge in [-0.3, -0.25) is 4.79 Å². The fraction of sp³-hybridized carbons (Fsp3) is 0.818. The van der Waals surface area contributed by atoms with Gasteiger partial charge >= 0.3 is 5.97 Å². The van der Waals surface area contributed by atoms with E-state index in [0.717, 1.165) is 32.1 Å². The van der Waals surface area contributed by atoms with Crippen LogP contribution in [0.4, 0.5) is 0 Å². The molecule has 0 aromatic carbocycles. The summed E-state index contributed by atoms with van der Waals surface area (Å²) in [6.45, 7) is 23.4. The van der Waals surface area contributed by atoms with Gasteiger partial charge in [0.05, 0.1) is 0 Å². The predicted octanol–water partition coefficient (Wildman–Crippen LogP) is 8.08. The largest absolute Gasteiger partial charge is 0.462 e. The third-order valence-corrected chi connectivity index (χ3v) is 13.3. The number of carbonyl (C=O) groups excluding carboxylic acids is 2. The van der Waals surface area contributed by atoms with Gasteiger partial charge in [0, 0.05) is 17.8 Å². The molecule has 8 unspecified atom stereocenters. The third kappa shape index (κ3) is 3.29. The smallest absolute Gasteiger partial charge is 0.302 e. The molecule has 4 fully saturated rings. The lowest BCUT2D eigenvalue weighted by Gasteiger charge is -2.71. The van der Waals surface area contributed by atoms with Crippen LogP contribution in [0.15, 0.2) is 23.8 Å². The van der Waals surface area contributed by atoms with Gasteiger partial charge in [-0.15, -0.1) is 0 Å². The van der Waals surface area contributed by atoms with Crippen LogP contribution < -0.4 is 0 Å². The Hall–Kier alpha value is -1.38. The highest BCUT2D eigenvalue weighted by Crippen LogP contribution is 2.76. The van der Waals surface area contributed by atoms with E-state index >= 15 is 0 Å². The molecule has 0 amide bonds. The Bertz CT molecular complexity index is 1020. The molecule has 3 nitrogen and oxygen atoms in total. The monoisotopic (exact) mass is 494 g/mol. The van der Waals surface area contributed by atoms with Gasteiger partial charge in [-0.25, -0.2) is 0 Å². The first kappa shape index (κ1) is 26.2. The predicted molar refractivity (Wildman–Crippen MR) is 145 cm³/mol. The minimum Gasteiger partial charge on any atom is -0.462 e. The molecule has 200 valence electrons. The number of hydrogen-bond acceptors (Lipinski definition) is 3. The molecule has 0 aromatic rings. The molecule has 9 atom stereocenters. The lowest BCUT2D eigenvalue weighted by molar-refractivity contribution is -0.203. The molecule has 4 saturated carbocycles. The average molecular weight is 495 g/mol. The van der Waals surface area contributed by atoms with Gasteiger partial charge in [-0.1, -0.05) is 72.3 Å². The number of esters is 1. The van der Waals surface area contributed by atoms with Gasteiger partial charge in [0.1, 0.15) is 12.4 Å². The Morgan fingerprint density at radius 3 is 2.28 bits per heavy atom. The van der Waals surface area contributed by atoms with Crippen molar-refractivity contribution < 1.29 is 14.3 Å². The molecule has 0 heterocycles. The Labute approximate surface area is 219 Å². The summed E-state index contributed by atoms with van der Waals surface area (Å²) >= 11 is 0. The van der Waals surface area contributed by atoms with Gasteiger partial charge < -0.3 is 9.53 Å². The number of rotatable bonds is 2. The second-order valence-corrected chi connectivity index (χ2v) is 15.6. The molecule has 0 aromatic heterocycles. The highest BCUT2D eigenvalue weighted by molar-refractivity contribution is 5.66. The summed E-state index contributed by atoms with van der Waals surface area (Å²) in [6.07, 6.45) is 13.8. The zero-order valence-corrected chi connectivity index (χ0v) is 24.3. The van der Waals surface area contributed by atoms with Crippen LogP contribution in [0, 0.1) is 50.2 Å². The zero-order chi connectivity index (χ0) is 26.5. The molecule has 5 aliphatic carbocycles. The van der Waals surface area contributed by atoms with Crippen molar-refractivity contribution in [3.05, 3.63) is 23.8 Å². The highest BCUT2D eigenvalue weighted by atomic mass is 16.5. The lowest BCUT2D eigenvalue weighted by Crippen LogP contribution is -2.65. The van der Waals surface area contributed by atoms with E-state index in [1.807, 2.05) is 0 Å². The molecular weight excluding hydrogens is 444 g/mol. The van der Waals surface area contributed by atoms with Crippen LogP contribution in [0.5, 0.6) is 0 Å². The standard InChI is InChI=1S/C33H50O3/c1-21-18-23-24-19-29(5,20-34)14-15-30(24,6)16-17-32(23,8)33(9)13-10-25-28(3,4)26(36-22(2)35)11-12-31(25,7)27(21)33/h18,20,24-27H,1,10-17,19H2,2-9H3/t24?,25?,26?,27?,29-,30?,31?,32?,33?/m0/s1. The van der Waals surface area contributed by atoms with Crippen LogP contribution in [0.3, 0.4) is 0 Å². The van der Waals surface area contributed by atoms with Gasteiger partial charge in [-0.05, 0) is 97.2 Å². The first-order chi connectivity index (χ1) is 16.6. The van der Waals surface area contributed by atoms with Crippen molar-refractivity contribution in [2.24, 2.45) is 50.2 Å². The molecule has 0 radical (unpaired) electrons. The molecule has 0 bridgehead atoms. The van der Waals surface area contributed by atoms with Crippen molar-refractivity contribution in [3.8, 4) is 0 Å². The lowest BCUT2D eigenvalue weighted by atomic mass is 9.33. The average Bonchev–Trinajstić information content (AvgIpc) is 2.78. The zero-order valence-electron chi connectivity index (χ0n) is 24.3. The molecule has 5 aliphatic rings. The van der Waals surface area contributed by atoms with Gasteiger partial charge in [0.15, 0.2) is 0 Å². The third-order valence-electron chi connectivity index (χ3n) is 13.3. The number of hydrogen-bond donors (Lipinski definition) is 0. The molecule has 3 heteroatoms. The van der Waals surface area contributed by atoms with E-state index in [2.05, 4.69) is 54.5 Å². The molecule has 36 heavy (non-hydrogen) atoms. The maximum Gasteiger partial charge on any atom is 0.302 e. The van der Waals surface area contributed by atoms with E-state index in [0.29, 0.717) is 23.2 Å². The Kier molecular flexibility index (Phi) is 5.70. The van der Waals surface area contributed by atoms with E-state index in [1.165, 1.54) is 37.5 Å². The van der Waals surface area contributed by atoms with E-state index in [9.17, 15) is 9.59 Å². The van der Waals surface area contributed by atoms with Crippen LogP contribution in [0.25, 0.3) is 0 Å². The SMILES string of the molecule is C=C1C=C2C3C[C@@](C)(C=O)CCC3(C)CCC2(C)C2(C)CCC3C(C)(C)C(OC(C)=O)CCC3(C)C12. The van der Waals surface area contributed by atoms with Crippen molar-refractivity contribution in [1.82, 2.24) is 0 Å². The maximum atomic E-state index is 12.1. The van der Waals surface area contributed by atoms with Crippen LogP contribution in [0.1, 0.15) is 113 Å². The molecular formula is C33H50O3. The number of carbonyl (C=O) groups is 2. The second kappa shape index (κ2) is 7.82. The number of aldehydes is 1. The first-order valence-corrected chi connectivity index (χ1v) is 14.6. The number of allylic oxidation sites excluding steroid dienone is 3. The highest BCUT2D eigenvalue weighted by Gasteiger charge is 2.69. The first-order valence-electron chi connectivity index (χ1n) is 14.6. The Morgan fingerprint density at radius 1 is 0.972 bits per heavy atom. The summed E-state index contributed by atoms with van der Waals surface area (Å²) in [5.41, 5.74) is 3.40. The second-order valence-electron chi connectivity index (χ2n) is 15.6. The number of ether oxygens (including phenoxy) is 1. The quantitative estimate of drug-likeness (QED) is 0.288. The van der Waals surface area contributed by atoms with Crippen molar-refractivity contribution >= 4 is 12.3 Å². The summed E-state index contributed by atoms with van der Waals surface area (Å²) in [5, 5.41) is 0. The van der Waals surface area contributed by atoms with Crippen molar-refractivity contribution in [2.75, 3.05) is 0 Å². The van der Waals surface area contributed by atoms with Crippen molar-refractivity contribution in [2.45, 2.75) is 119 Å². The summed E-state index contributed by atoms with van der Waals surface area (Å²) in [6, 6.07) is 0. The van der Waals surface area contributed by atoms with Crippen molar-refractivity contribution in [1.29, 1.82) is 0 Å². The van der Waals surface area contributed by atoms with E-state index < -0.39 is 0 Å². The topological polar surface area (TPSA) is 43.4 Å². The maximum absolute atomic E-state index is 12.1.